The van der Waals surface area contributed by atoms with Crippen molar-refractivity contribution in [1.29, 1.82) is 0 Å². The van der Waals surface area contributed by atoms with Crippen LogP contribution in [-0.4, -0.2) is 11.0 Å². The predicted octanol–water partition coefficient (Wildman–Crippen LogP) is 4.68. The molecule has 0 aliphatic heterocycles. The maximum absolute atomic E-state index is 13.1. The summed E-state index contributed by atoms with van der Waals surface area (Å²) < 4.78 is 19.3. The largest absolute Gasteiger partial charge is 0.438 e. The summed E-state index contributed by atoms with van der Waals surface area (Å²) in [6, 6.07) is 6.64. The van der Waals surface area contributed by atoms with Crippen LogP contribution in [0.4, 0.5) is 4.39 Å². The Morgan fingerprint density at radius 3 is 2.90 bits per heavy atom. The third-order valence-electron chi connectivity index (χ3n) is 3.18. The molecule has 110 valence electrons. The van der Waals surface area contributed by atoms with Crippen LogP contribution in [0.5, 0.6) is 11.6 Å². The zero-order chi connectivity index (χ0) is 14.8. The van der Waals surface area contributed by atoms with E-state index in [0.29, 0.717) is 33.7 Å². The first-order valence-electron chi connectivity index (χ1n) is 6.62. The lowest BCUT2D eigenvalue weighted by Gasteiger charge is -2.10. The van der Waals surface area contributed by atoms with Gasteiger partial charge in [-0.15, -0.1) is 0 Å². The van der Waals surface area contributed by atoms with E-state index in [9.17, 15) is 4.39 Å². The first kappa shape index (κ1) is 14.8. The SMILES string of the molecule is Fc1ccc(Oc2cc(CNC3CC3)c(Cl)cn2)c(Br)c1. The number of aromatic nitrogens is 1. The van der Waals surface area contributed by atoms with Crippen LogP contribution in [-0.2, 0) is 6.54 Å². The highest BCUT2D eigenvalue weighted by atomic mass is 79.9. The summed E-state index contributed by atoms with van der Waals surface area (Å²) in [6.07, 6.45) is 4.00. The number of hydrogen-bond acceptors (Lipinski definition) is 3. The van der Waals surface area contributed by atoms with Gasteiger partial charge >= 0.3 is 0 Å². The summed E-state index contributed by atoms with van der Waals surface area (Å²) in [7, 11) is 0. The highest BCUT2D eigenvalue weighted by molar-refractivity contribution is 9.10. The second-order valence-corrected chi connectivity index (χ2v) is 6.21. The summed E-state index contributed by atoms with van der Waals surface area (Å²) in [5.74, 6) is 0.610. The van der Waals surface area contributed by atoms with Gasteiger partial charge in [-0.05, 0) is 52.5 Å². The van der Waals surface area contributed by atoms with E-state index in [1.165, 1.54) is 25.0 Å². The van der Waals surface area contributed by atoms with Crippen molar-refractivity contribution in [2.75, 3.05) is 0 Å². The number of rotatable bonds is 5. The Hall–Kier alpha value is -1.17. The van der Waals surface area contributed by atoms with E-state index < -0.39 is 0 Å². The minimum absolute atomic E-state index is 0.326. The van der Waals surface area contributed by atoms with Gasteiger partial charge in [-0.3, -0.25) is 0 Å². The average molecular weight is 372 g/mol. The van der Waals surface area contributed by atoms with E-state index in [-0.39, 0.29) is 5.82 Å². The van der Waals surface area contributed by atoms with Gasteiger partial charge in [-0.2, -0.15) is 0 Å². The highest BCUT2D eigenvalue weighted by Gasteiger charge is 2.20. The van der Waals surface area contributed by atoms with Crippen molar-refractivity contribution >= 4 is 27.5 Å². The van der Waals surface area contributed by atoms with E-state index in [0.717, 1.165) is 5.56 Å². The molecule has 3 nitrogen and oxygen atoms in total. The van der Waals surface area contributed by atoms with Crippen molar-refractivity contribution in [3.63, 3.8) is 0 Å². The van der Waals surface area contributed by atoms with Crippen molar-refractivity contribution in [2.24, 2.45) is 0 Å². The van der Waals surface area contributed by atoms with Crippen LogP contribution in [0.3, 0.4) is 0 Å². The first-order chi connectivity index (χ1) is 10.1. The molecule has 2 aromatic rings. The molecule has 0 saturated heterocycles. The Morgan fingerprint density at radius 1 is 1.38 bits per heavy atom. The second kappa shape index (κ2) is 6.30. The molecule has 3 rings (SSSR count). The van der Waals surface area contributed by atoms with Crippen LogP contribution in [0.2, 0.25) is 5.02 Å². The summed E-state index contributed by atoms with van der Waals surface area (Å²) in [5.41, 5.74) is 0.937. The molecule has 6 heteroatoms. The molecule has 1 heterocycles. The third kappa shape index (κ3) is 3.93. The van der Waals surface area contributed by atoms with Gasteiger partial charge in [0, 0.05) is 24.8 Å². The fourth-order valence-corrected chi connectivity index (χ4v) is 2.46. The zero-order valence-corrected chi connectivity index (χ0v) is 13.4. The number of benzene rings is 1. The van der Waals surface area contributed by atoms with Crippen LogP contribution in [0.25, 0.3) is 0 Å². The molecule has 21 heavy (non-hydrogen) atoms. The fraction of sp³-hybridized carbons (Fsp3) is 0.267. The van der Waals surface area contributed by atoms with Gasteiger partial charge in [0.1, 0.15) is 11.6 Å². The monoisotopic (exact) mass is 370 g/mol. The molecule has 0 spiro atoms. The van der Waals surface area contributed by atoms with Crippen LogP contribution in [0.1, 0.15) is 18.4 Å². The number of pyridine rings is 1. The van der Waals surface area contributed by atoms with E-state index in [1.807, 2.05) is 0 Å². The van der Waals surface area contributed by atoms with Gasteiger partial charge in [-0.1, -0.05) is 11.6 Å². The number of ether oxygens (including phenoxy) is 1. The lowest BCUT2D eigenvalue weighted by Crippen LogP contribution is -2.15. The zero-order valence-electron chi connectivity index (χ0n) is 11.1. The first-order valence-corrected chi connectivity index (χ1v) is 7.79. The van der Waals surface area contributed by atoms with E-state index in [1.54, 1.807) is 18.3 Å². The van der Waals surface area contributed by atoms with E-state index in [4.69, 9.17) is 16.3 Å². The van der Waals surface area contributed by atoms with Crippen LogP contribution in [0.15, 0.2) is 34.9 Å². The Kier molecular flexibility index (Phi) is 4.42. The van der Waals surface area contributed by atoms with Crippen molar-refractivity contribution in [2.45, 2.75) is 25.4 Å². The standard InChI is InChI=1S/C15H13BrClFN2O/c16-12-6-10(18)1-4-14(12)21-15-5-9(13(17)8-20-15)7-19-11-2-3-11/h1,4-6,8,11,19H,2-3,7H2. The molecule has 0 unspecified atom stereocenters. The minimum atomic E-state index is -0.326. The van der Waals surface area contributed by atoms with Crippen LogP contribution >= 0.6 is 27.5 Å². The maximum Gasteiger partial charge on any atom is 0.219 e. The summed E-state index contributed by atoms with van der Waals surface area (Å²) in [5, 5.41) is 4.00. The number of nitrogens with one attached hydrogen (secondary N) is 1. The molecule has 1 aliphatic carbocycles. The highest BCUT2D eigenvalue weighted by Crippen LogP contribution is 2.31. The Bertz CT molecular complexity index is 664. The molecular formula is C15H13BrClFN2O. The second-order valence-electron chi connectivity index (χ2n) is 4.95. The van der Waals surface area contributed by atoms with Crippen molar-refractivity contribution in [3.05, 3.63) is 51.3 Å². The van der Waals surface area contributed by atoms with Crippen molar-refractivity contribution in [3.8, 4) is 11.6 Å². The summed E-state index contributed by atoms with van der Waals surface area (Å²) in [4.78, 5) is 4.14. The normalized spacial score (nSPS) is 14.2. The molecular weight excluding hydrogens is 359 g/mol. The molecule has 1 aromatic heterocycles. The Labute approximate surface area is 135 Å². The molecule has 1 aromatic carbocycles. The quantitative estimate of drug-likeness (QED) is 0.828. The predicted molar refractivity (Wildman–Crippen MR) is 83.3 cm³/mol. The minimum Gasteiger partial charge on any atom is -0.438 e. The smallest absolute Gasteiger partial charge is 0.219 e. The molecule has 1 saturated carbocycles. The van der Waals surface area contributed by atoms with Crippen LogP contribution < -0.4 is 10.1 Å². The van der Waals surface area contributed by atoms with E-state index >= 15 is 0 Å². The molecule has 0 bridgehead atoms. The number of nitrogens with zero attached hydrogens (tertiary/aromatic N) is 1. The van der Waals surface area contributed by atoms with Crippen molar-refractivity contribution in [1.82, 2.24) is 10.3 Å². The molecule has 1 aliphatic rings. The van der Waals surface area contributed by atoms with Gasteiger partial charge in [0.05, 0.1) is 9.50 Å². The molecule has 0 amide bonds. The molecule has 1 N–H and O–H groups in total. The Balaban J connectivity index is 1.76. The molecule has 0 radical (unpaired) electrons. The maximum atomic E-state index is 13.1. The Morgan fingerprint density at radius 2 is 2.19 bits per heavy atom. The third-order valence-corrected chi connectivity index (χ3v) is 4.14. The fourth-order valence-electron chi connectivity index (χ4n) is 1.86. The molecule has 1 fully saturated rings. The number of halogens is 3. The van der Waals surface area contributed by atoms with Gasteiger partial charge in [0.15, 0.2) is 0 Å². The lowest BCUT2D eigenvalue weighted by atomic mass is 10.2. The lowest BCUT2D eigenvalue weighted by molar-refractivity contribution is 0.457. The van der Waals surface area contributed by atoms with E-state index in [2.05, 4.69) is 26.2 Å². The van der Waals surface area contributed by atoms with Crippen molar-refractivity contribution < 1.29 is 9.13 Å². The molecule has 0 atom stereocenters. The van der Waals surface area contributed by atoms with Gasteiger partial charge < -0.3 is 10.1 Å². The topological polar surface area (TPSA) is 34.1 Å². The summed E-state index contributed by atoms with van der Waals surface area (Å²) in [6.45, 7) is 0.687. The number of hydrogen-bond donors (Lipinski definition) is 1. The van der Waals surface area contributed by atoms with Gasteiger partial charge in [0.2, 0.25) is 5.88 Å². The van der Waals surface area contributed by atoms with Gasteiger partial charge in [-0.25, -0.2) is 9.37 Å². The average Bonchev–Trinajstić information content (AvgIpc) is 3.26. The van der Waals surface area contributed by atoms with Gasteiger partial charge in [0.25, 0.3) is 0 Å². The summed E-state index contributed by atoms with van der Waals surface area (Å²) >= 11 is 9.40. The van der Waals surface area contributed by atoms with Crippen LogP contribution in [0, 0.1) is 5.82 Å².